The van der Waals surface area contributed by atoms with Crippen LogP contribution in [0.2, 0.25) is 0 Å². The lowest BCUT2D eigenvalue weighted by Crippen LogP contribution is -2.52. The molecule has 0 saturated heterocycles. The van der Waals surface area contributed by atoms with Gasteiger partial charge in [0.1, 0.15) is 11.4 Å². The minimum atomic E-state index is -0.802. The van der Waals surface area contributed by atoms with Crippen LogP contribution in [0.1, 0.15) is 39.2 Å². The molecule has 1 amide bonds. The zero-order valence-electron chi connectivity index (χ0n) is 12.6. The van der Waals surface area contributed by atoms with Crippen molar-refractivity contribution in [1.82, 2.24) is 0 Å². The summed E-state index contributed by atoms with van der Waals surface area (Å²) in [7, 11) is 0. The Hall–Kier alpha value is -1.58. The molecule has 1 aromatic rings. The van der Waals surface area contributed by atoms with Crippen LogP contribution in [-0.4, -0.2) is 11.4 Å². The number of amides is 1. The Morgan fingerprint density at radius 2 is 2.05 bits per heavy atom. The Morgan fingerprint density at radius 3 is 2.50 bits per heavy atom. The Bertz CT molecular complexity index is 521. The summed E-state index contributed by atoms with van der Waals surface area (Å²) in [6, 6.07) is 4.71. The Labute approximate surface area is 119 Å². The van der Waals surface area contributed by atoms with Gasteiger partial charge in [-0.1, -0.05) is 20.8 Å². The molecule has 0 aliphatic heterocycles. The average Bonchev–Trinajstić information content (AvgIpc) is 2.47. The quantitative estimate of drug-likeness (QED) is 0.892. The van der Waals surface area contributed by atoms with Crippen LogP contribution in [0.25, 0.3) is 0 Å². The second kappa shape index (κ2) is 4.76. The van der Waals surface area contributed by atoms with Gasteiger partial charge in [-0.25, -0.2) is 4.39 Å². The number of carbonyl (C=O) groups is 1. The molecule has 1 aromatic carbocycles. The molecule has 0 radical (unpaired) electrons. The summed E-state index contributed by atoms with van der Waals surface area (Å²) < 4.78 is 13.5. The van der Waals surface area contributed by atoms with Gasteiger partial charge in [-0.15, -0.1) is 0 Å². The SMILES string of the molecule is Cc1cc(F)cc(NC2(C(N)=O)CC(C)(C)CC2C)c1. The fourth-order valence-corrected chi connectivity index (χ4v) is 3.63. The first-order valence-electron chi connectivity index (χ1n) is 7.00. The molecule has 0 heterocycles. The van der Waals surface area contributed by atoms with Gasteiger partial charge >= 0.3 is 0 Å². The summed E-state index contributed by atoms with van der Waals surface area (Å²) >= 11 is 0. The Kier molecular flexibility index (Phi) is 3.53. The molecule has 3 nitrogen and oxygen atoms in total. The van der Waals surface area contributed by atoms with Crippen LogP contribution >= 0.6 is 0 Å². The lowest BCUT2D eigenvalue weighted by Gasteiger charge is -2.33. The summed E-state index contributed by atoms with van der Waals surface area (Å²) in [5, 5.41) is 3.23. The third kappa shape index (κ3) is 2.65. The molecule has 1 saturated carbocycles. The molecule has 1 aliphatic carbocycles. The summed E-state index contributed by atoms with van der Waals surface area (Å²) in [4.78, 5) is 12.1. The molecular weight excluding hydrogens is 255 g/mol. The number of carbonyl (C=O) groups excluding carboxylic acids is 1. The first-order chi connectivity index (χ1) is 9.14. The number of rotatable bonds is 3. The van der Waals surface area contributed by atoms with Crippen molar-refractivity contribution in [3.8, 4) is 0 Å². The van der Waals surface area contributed by atoms with Crippen LogP contribution in [0.3, 0.4) is 0 Å². The van der Waals surface area contributed by atoms with Gasteiger partial charge in [-0.05, 0) is 54.9 Å². The van der Waals surface area contributed by atoms with E-state index >= 15 is 0 Å². The van der Waals surface area contributed by atoms with Gasteiger partial charge < -0.3 is 11.1 Å². The zero-order valence-corrected chi connectivity index (χ0v) is 12.6. The second-order valence-corrected chi connectivity index (χ2v) is 6.92. The molecule has 110 valence electrons. The van der Waals surface area contributed by atoms with E-state index in [9.17, 15) is 9.18 Å². The first kappa shape index (κ1) is 14.8. The minimum absolute atomic E-state index is 0.0455. The van der Waals surface area contributed by atoms with Gasteiger partial charge in [0, 0.05) is 5.69 Å². The highest BCUT2D eigenvalue weighted by Crippen LogP contribution is 2.48. The van der Waals surface area contributed by atoms with Gasteiger partial charge in [0.05, 0.1) is 0 Å². The molecule has 2 rings (SSSR count). The van der Waals surface area contributed by atoms with Gasteiger partial charge in [0.2, 0.25) is 5.91 Å². The molecule has 0 spiro atoms. The summed E-state index contributed by atoms with van der Waals surface area (Å²) in [6.45, 7) is 8.12. The number of halogens is 1. The lowest BCUT2D eigenvalue weighted by molar-refractivity contribution is -0.123. The predicted octanol–water partition coefficient (Wildman–Crippen LogP) is 3.23. The molecule has 1 fully saturated rings. The monoisotopic (exact) mass is 278 g/mol. The van der Waals surface area contributed by atoms with E-state index in [2.05, 4.69) is 19.2 Å². The molecule has 20 heavy (non-hydrogen) atoms. The summed E-state index contributed by atoms with van der Waals surface area (Å²) in [5.74, 6) is -0.562. The highest BCUT2D eigenvalue weighted by molar-refractivity contribution is 5.89. The van der Waals surface area contributed by atoms with Crippen LogP contribution in [-0.2, 0) is 4.79 Å². The minimum Gasteiger partial charge on any atom is -0.371 e. The molecular formula is C16H23FN2O. The van der Waals surface area contributed by atoms with Crippen molar-refractivity contribution in [2.45, 2.75) is 46.1 Å². The van der Waals surface area contributed by atoms with Crippen LogP contribution in [0.15, 0.2) is 18.2 Å². The van der Waals surface area contributed by atoms with E-state index in [1.165, 1.54) is 12.1 Å². The Morgan fingerprint density at radius 1 is 1.40 bits per heavy atom. The molecule has 2 atom stereocenters. The number of nitrogens with two attached hydrogens (primary N) is 1. The number of primary amides is 1. The third-order valence-electron chi connectivity index (χ3n) is 4.31. The van der Waals surface area contributed by atoms with Gasteiger partial charge in [0.15, 0.2) is 0 Å². The van der Waals surface area contributed by atoms with Crippen LogP contribution in [0.4, 0.5) is 10.1 Å². The van der Waals surface area contributed by atoms with Crippen molar-refractivity contribution in [3.63, 3.8) is 0 Å². The second-order valence-electron chi connectivity index (χ2n) is 6.92. The molecule has 1 aliphatic rings. The summed E-state index contributed by atoms with van der Waals surface area (Å²) in [5.41, 5.74) is 6.35. The van der Waals surface area contributed by atoms with E-state index in [0.717, 1.165) is 12.0 Å². The van der Waals surface area contributed by atoms with E-state index in [1.807, 2.05) is 19.9 Å². The number of anilines is 1. The smallest absolute Gasteiger partial charge is 0.243 e. The van der Waals surface area contributed by atoms with Crippen LogP contribution < -0.4 is 11.1 Å². The van der Waals surface area contributed by atoms with E-state index < -0.39 is 5.54 Å². The Balaban J connectivity index is 2.38. The number of hydrogen-bond acceptors (Lipinski definition) is 2. The van der Waals surface area contributed by atoms with E-state index in [-0.39, 0.29) is 23.1 Å². The van der Waals surface area contributed by atoms with Crippen molar-refractivity contribution in [3.05, 3.63) is 29.6 Å². The number of hydrogen-bond donors (Lipinski definition) is 2. The maximum absolute atomic E-state index is 13.5. The van der Waals surface area contributed by atoms with Crippen molar-refractivity contribution in [1.29, 1.82) is 0 Å². The largest absolute Gasteiger partial charge is 0.371 e. The number of nitrogens with one attached hydrogen (secondary N) is 1. The van der Waals surface area contributed by atoms with E-state index in [0.29, 0.717) is 12.1 Å². The zero-order chi connectivity index (χ0) is 15.1. The normalized spacial score (nSPS) is 28.4. The first-order valence-corrected chi connectivity index (χ1v) is 7.00. The van der Waals surface area contributed by atoms with Gasteiger partial charge in [-0.2, -0.15) is 0 Å². The lowest BCUT2D eigenvalue weighted by atomic mass is 9.85. The highest BCUT2D eigenvalue weighted by atomic mass is 19.1. The average molecular weight is 278 g/mol. The van der Waals surface area contributed by atoms with Crippen molar-refractivity contribution in [2.75, 3.05) is 5.32 Å². The van der Waals surface area contributed by atoms with Crippen molar-refractivity contribution < 1.29 is 9.18 Å². The number of aryl methyl sites for hydroxylation is 1. The highest BCUT2D eigenvalue weighted by Gasteiger charge is 2.52. The van der Waals surface area contributed by atoms with Crippen molar-refractivity contribution >= 4 is 11.6 Å². The topological polar surface area (TPSA) is 55.1 Å². The molecule has 3 N–H and O–H groups in total. The molecule has 0 aromatic heterocycles. The third-order valence-corrected chi connectivity index (χ3v) is 4.31. The predicted molar refractivity (Wildman–Crippen MR) is 78.9 cm³/mol. The fourth-order valence-electron chi connectivity index (χ4n) is 3.63. The van der Waals surface area contributed by atoms with Gasteiger partial charge in [0.25, 0.3) is 0 Å². The maximum atomic E-state index is 13.5. The standard InChI is InChI=1S/C16H23FN2O/c1-10-5-12(17)7-13(6-10)19-16(14(18)20)9-15(3,4)8-11(16)2/h5-7,11,19H,8-9H2,1-4H3,(H2,18,20). The molecule has 2 unspecified atom stereocenters. The molecule has 4 heteroatoms. The van der Waals surface area contributed by atoms with Crippen molar-refractivity contribution in [2.24, 2.45) is 17.1 Å². The van der Waals surface area contributed by atoms with Crippen LogP contribution in [0.5, 0.6) is 0 Å². The number of benzene rings is 1. The summed E-state index contributed by atoms with van der Waals surface area (Å²) in [6.07, 6.45) is 1.57. The molecule has 0 bridgehead atoms. The fraction of sp³-hybridized carbons (Fsp3) is 0.562. The maximum Gasteiger partial charge on any atom is 0.243 e. The van der Waals surface area contributed by atoms with Gasteiger partial charge in [-0.3, -0.25) is 4.79 Å². The van der Waals surface area contributed by atoms with Crippen LogP contribution in [0, 0.1) is 24.1 Å². The van der Waals surface area contributed by atoms with E-state index in [4.69, 9.17) is 5.73 Å². The van der Waals surface area contributed by atoms with E-state index in [1.54, 1.807) is 0 Å².